The molecule has 1 aliphatic carbocycles. The second kappa shape index (κ2) is 3.88. The lowest BCUT2D eigenvalue weighted by Crippen LogP contribution is -2.17. The normalized spacial score (nSPS) is 19.5. The molecule has 0 amide bonds. The predicted molar refractivity (Wildman–Crippen MR) is 50.9 cm³/mol. The lowest BCUT2D eigenvalue weighted by Gasteiger charge is -2.14. The van der Waals surface area contributed by atoms with Gasteiger partial charge in [0.25, 0.3) is 0 Å². The summed E-state index contributed by atoms with van der Waals surface area (Å²) in [4.78, 5) is 11.7. The Morgan fingerprint density at radius 3 is 2.50 bits per heavy atom. The minimum absolute atomic E-state index is 0.203. The van der Waals surface area contributed by atoms with Crippen LogP contribution in [0.5, 0.6) is 0 Å². The average Bonchev–Trinajstić information content (AvgIpc) is 2.53. The van der Waals surface area contributed by atoms with Gasteiger partial charge in [-0.25, -0.2) is 0 Å². The van der Waals surface area contributed by atoms with Crippen molar-refractivity contribution in [2.24, 2.45) is 11.8 Å². The van der Waals surface area contributed by atoms with E-state index in [2.05, 4.69) is 19.9 Å². The van der Waals surface area contributed by atoms with Gasteiger partial charge in [0.05, 0.1) is 0 Å². The summed E-state index contributed by atoms with van der Waals surface area (Å²) in [6, 6.07) is 0. The highest BCUT2D eigenvalue weighted by Crippen LogP contribution is 2.24. The fraction of sp³-hybridized carbons (Fsp3) is 0.727. The van der Waals surface area contributed by atoms with Crippen LogP contribution in [0.25, 0.3) is 0 Å². The Bertz CT molecular complexity index is 201. The molecular weight excluding hydrogens is 148 g/mol. The fourth-order valence-electron chi connectivity index (χ4n) is 1.49. The van der Waals surface area contributed by atoms with Crippen LogP contribution in [0.15, 0.2) is 11.6 Å². The highest BCUT2D eigenvalue weighted by molar-refractivity contribution is 5.97. The summed E-state index contributed by atoms with van der Waals surface area (Å²) in [5.41, 5.74) is 1.08. The summed E-state index contributed by atoms with van der Waals surface area (Å²) >= 11 is 0. The van der Waals surface area contributed by atoms with Crippen molar-refractivity contribution in [2.75, 3.05) is 0 Å². The van der Waals surface area contributed by atoms with Crippen molar-refractivity contribution in [1.29, 1.82) is 0 Å². The summed E-state index contributed by atoms with van der Waals surface area (Å²) in [6.07, 6.45) is 5.40. The van der Waals surface area contributed by atoms with Crippen molar-refractivity contribution in [2.45, 2.75) is 40.0 Å². The molecule has 0 aliphatic heterocycles. The molecule has 0 aromatic rings. The molecule has 1 aliphatic rings. The van der Waals surface area contributed by atoms with Crippen LogP contribution >= 0.6 is 0 Å². The third kappa shape index (κ3) is 1.96. The summed E-state index contributed by atoms with van der Waals surface area (Å²) in [5, 5.41) is 0. The van der Waals surface area contributed by atoms with E-state index in [1.807, 2.05) is 6.92 Å². The fourth-order valence-corrected chi connectivity index (χ4v) is 1.49. The van der Waals surface area contributed by atoms with Crippen molar-refractivity contribution in [3.63, 3.8) is 0 Å². The maximum atomic E-state index is 11.7. The molecule has 0 radical (unpaired) electrons. The van der Waals surface area contributed by atoms with Gasteiger partial charge in [0.2, 0.25) is 0 Å². The molecule has 0 N–H and O–H groups in total. The first-order valence-electron chi connectivity index (χ1n) is 4.86. The predicted octanol–water partition coefficient (Wildman–Crippen LogP) is 2.96. The topological polar surface area (TPSA) is 17.1 Å². The van der Waals surface area contributed by atoms with Crippen molar-refractivity contribution >= 4 is 5.78 Å². The Labute approximate surface area is 74.9 Å². The van der Waals surface area contributed by atoms with Crippen LogP contribution < -0.4 is 0 Å². The Morgan fingerprint density at radius 2 is 2.08 bits per heavy atom. The molecule has 0 bridgehead atoms. The van der Waals surface area contributed by atoms with Gasteiger partial charge in [0.1, 0.15) is 0 Å². The molecule has 68 valence electrons. The highest BCUT2D eigenvalue weighted by atomic mass is 16.1. The Balaban J connectivity index is 2.57. The molecule has 1 unspecified atom stereocenters. The number of hydrogen-bond donors (Lipinski definition) is 0. The van der Waals surface area contributed by atoms with Gasteiger partial charge in [0.15, 0.2) is 5.78 Å². The van der Waals surface area contributed by atoms with Crippen molar-refractivity contribution in [1.82, 2.24) is 0 Å². The van der Waals surface area contributed by atoms with E-state index in [4.69, 9.17) is 0 Å². The summed E-state index contributed by atoms with van der Waals surface area (Å²) < 4.78 is 0. The summed E-state index contributed by atoms with van der Waals surface area (Å²) in [7, 11) is 0. The van der Waals surface area contributed by atoms with Gasteiger partial charge in [-0.3, -0.25) is 4.79 Å². The largest absolute Gasteiger partial charge is 0.294 e. The van der Waals surface area contributed by atoms with E-state index in [1.54, 1.807) is 0 Å². The van der Waals surface area contributed by atoms with Crippen LogP contribution in [0.4, 0.5) is 0 Å². The molecule has 1 atom stereocenters. The second-order valence-corrected chi connectivity index (χ2v) is 4.02. The molecule has 1 rings (SSSR count). The SMILES string of the molecule is CC(C)C(C)C(=O)C1=CCCC1. The zero-order valence-electron chi connectivity index (χ0n) is 8.26. The zero-order valence-corrected chi connectivity index (χ0v) is 8.26. The Kier molecular flexibility index (Phi) is 3.07. The van der Waals surface area contributed by atoms with Crippen molar-refractivity contribution < 1.29 is 4.79 Å². The Morgan fingerprint density at radius 1 is 1.42 bits per heavy atom. The van der Waals surface area contributed by atoms with Crippen molar-refractivity contribution in [3.05, 3.63) is 11.6 Å². The minimum atomic E-state index is 0.203. The molecule has 0 heterocycles. The van der Waals surface area contributed by atoms with E-state index in [1.165, 1.54) is 6.42 Å². The molecule has 0 spiro atoms. The van der Waals surface area contributed by atoms with Gasteiger partial charge in [-0.15, -0.1) is 0 Å². The zero-order chi connectivity index (χ0) is 9.14. The smallest absolute Gasteiger partial charge is 0.161 e. The van der Waals surface area contributed by atoms with Gasteiger partial charge >= 0.3 is 0 Å². The number of hydrogen-bond acceptors (Lipinski definition) is 1. The minimum Gasteiger partial charge on any atom is -0.294 e. The van der Waals surface area contributed by atoms with E-state index < -0.39 is 0 Å². The maximum absolute atomic E-state index is 11.7. The van der Waals surface area contributed by atoms with Crippen LogP contribution in [0.2, 0.25) is 0 Å². The number of carbonyl (C=O) groups is 1. The van der Waals surface area contributed by atoms with E-state index in [0.717, 1.165) is 18.4 Å². The van der Waals surface area contributed by atoms with Crippen LogP contribution in [0.3, 0.4) is 0 Å². The van der Waals surface area contributed by atoms with Gasteiger partial charge in [-0.2, -0.15) is 0 Å². The first-order valence-corrected chi connectivity index (χ1v) is 4.86. The molecular formula is C11H18O. The molecule has 0 saturated carbocycles. The van der Waals surface area contributed by atoms with Gasteiger partial charge in [-0.1, -0.05) is 26.8 Å². The summed E-state index contributed by atoms with van der Waals surface area (Å²) in [6.45, 7) is 6.25. The highest BCUT2D eigenvalue weighted by Gasteiger charge is 2.21. The van der Waals surface area contributed by atoms with Crippen LogP contribution in [-0.2, 0) is 4.79 Å². The monoisotopic (exact) mass is 166 g/mol. The van der Waals surface area contributed by atoms with E-state index in [9.17, 15) is 4.79 Å². The maximum Gasteiger partial charge on any atom is 0.161 e. The van der Waals surface area contributed by atoms with Crippen LogP contribution in [0.1, 0.15) is 40.0 Å². The molecule has 1 nitrogen and oxygen atoms in total. The number of Topliss-reactive ketones (excluding diaryl/α,β-unsaturated/α-hetero) is 1. The number of rotatable bonds is 3. The van der Waals surface area contributed by atoms with Crippen LogP contribution in [0, 0.1) is 11.8 Å². The average molecular weight is 166 g/mol. The lowest BCUT2D eigenvalue weighted by atomic mass is 9.89. The summed E-state index contributed by atoms with van der Waals surface area (Å²) in [5.74, 6) is 1.05. The number of carbonyl (C=O) groups excluding carboxylic acids is 1. The molecule has 12 heavy (non-hydrogen) atoms. The van der Waals surface area contributed by atoms with Gasteiger partial charge in [-0.05, 0) is 30.8 Å². The second-order valence-electron chi connectivity index (χ2n) is 4.02. The molecule has 1 heteroatoms. The van der Waals surface area contributed by atoms with Crippen molar-refractivity contribution in [3.8, 4) is 0 Å². The number of allylic oxidation sites excluding steroid dienone is 2. The molecule has 0 fully saturated rings. The molecule has 0 saturated heterocycles. The van der Waals surface area contributed by atoms with Gasteiger partial charge < -0.3 is 0 Å². The number of ketones is 1. The third-order valence-electron chi connectivity index (χ3n) is 2.77. The molecule has 0 aromatic heterocycles. The first-order chi connectivity index (χ1) is 5.63. The van der Waals surface area contributed by atoms with Crippen LogP contribution in [-0.4, -0.2) is 5.78 Å². The van der Waals surface area contributed by atoms with E-state index in [0.29, 0.717) is 11.7 Å². The Hall–Kier alpha value is -0.590. The van der Waals surface area contributed by atoms with E-state index in [-0.39, 0.29) is 5.92 Å². The lowest BCUT2D eigenvalue weighted by molar-refractivity contribution is -0.119. The first kappa shape index (κ1) is 9.50. The van der Waals surface area contributed by atoms with Gasteiger partial charge in [0, 0.05) is 5.92 Å². The quantitative estimate of drug-likeness (QED) is 0.630. The molecule has 0 aromatic carbocycles. The standard InChI is InChI=1S/C11H18O/c1-8(2)9(3)11(12)10-6-4-5-7-10/h6,8-9H,4-5,7H2,1-3H3. The van der Waals surface area contributed by atoms with E-state index >= 15 is 0 Å². The third-order valence-corrected chi connectivity index (χ3v) is 2.77.